The predicted octanol–water partition coefficient (Wildman–Crippen LogP) is 3.51. The van der Waals surface area contributed by atoms with Gasteiger partial charge >= 0.3 is 0 Å². The maximum atomic E-state index is 4.13. The van der Waals surface area contributed by atoms with Crippen molar-refractivity contribution in [2.45, 2.75) is 40.7 Å². The Balaban J connectivity index is 2.03. The van der Waals surface area contributed by atoms with Crippen LogP contribution in [-0.2, 0) is 6.54 Å². The molecule has 0 aliphatic carbocycles. The lowest BCUT2D eigenvalue weighted by Gasteiger charge is -2.19. The summed E-state index contributed by atoms with van der Waals surface area (Å²) in [4.78, 5) is 0. The molecule has 1 unspecified atom stereocenters. The number of aromatic nitrogens is 3. The zero-order valence-corrected chi connectivity index (χ0v) is 12.1. The highest BCUT2D eigenvalue weighted by molar-refractivity contribution is 5.73. The van der Waals surface area contributed by atoms with Crippen LogP contribution < -0.4 is 0 Å². The summed E-state index contributed by atoms with van der Waals surface area (Å²) >= 11 is 0. The molecular formula is C16H21N3. The van der Waals surface area contributed by atoms with Crippen molar-refractivity contribution in [2.24, 2.45) is 11.3 Å². The zero-order valence-electron chi connectivity index (χ0n) is 12.1. The second kappa shape index (κ2) is 5.44. The molecule has 1 atom stereocenters. The first-order valence-corrected chi connectivity index (χ1v) is 6.72. The Hall–Kier alpha value is -1.82. The number of rotatable bonds is 2. The van der Waals surface area contributed by atoms with Crippen LogP contribution in [0.2, 0.25) is 0 Å². The monoisotopic (exact) mass is 255 g/mol. The van der Waals surface area contributed by atoms with Crippen molar-refractivity contribution in [3.63, 3.8) is 0 Å². The van der Waals surface area contributed by atoms with Gasteiger partial charge in [0.2, 0.25) is 0 Å². The molecule has 3 nitrogen and oxygen atoms in total. The van der Waals surface area contributed by atoms with E-state index in [1.54, 1.807) is 0 Å². The van der Waals surface area contributed by atoms with E-state index in [2.05, 4.69) is 49.8 Å². The molecule has 1 aromatic carbocycles. The van der Waals surface area contributed by atoms with E-state index in [0.717, 1.165) is 17.5 Å². The number of para-hydroxylation sites is 1. The molecule has 2 aromatic rings. The highest BCUT2D eigenvalue weighted by Crippen LogP contribution is 2.23. The minimum atomic E-state index is 0.327. The molecule has 0 bridgehead atoms. The fraction of sp³-hybridized carbons (Fsp3) is 0.500. The Kier molecular flexibility index (Phi) is 3.90. The van der Waals surface area contributed by atoms with Gasteiger partial charge in [-0.2, -0.15) is 0 Å². The number of hydrogen-bond acceptors (Lipinski definition) is 2. The van der Waals surface area contributed by atoms with E-state index < -0.39 is 0 Å². The molecule has 2 rings (SSSR count). The van der Waals surface area contributed by atoms with Gasteiger partial charge in [-0.15, -0.1) is 5.10 Å². The number of benzene rings is 1. The number of hydrogen-bond donors (Lipinski definition) is 0. The Morgan fingerprint density at radius 3 is 2.74 bits per heavy atom. The second-order valence-corrected chi connectivity index (χ2v) is 6.22. The zero-order chi connectivity index (χ0) is 13.9. The Bertz CT molecular complexity index is 608. The molecule has 0 N–H and O–H groups in total. The highest BCUT2D eigenvalue weighted by atomic mass is 15.4. The van der Waals surface area contributed by atoms with Gasteiger partial charge in [-0.25, -0.2) is 4.68 Å². The maximum absolute atomic E-state index is 4.13. The molecule has 1 aromatic heterocycles. The molecule has 0 amide bonds. The van der Waals surface area contributed by atoms with Gasteiger partial charge in [0.1, 0.15) is 12.1 Å². The molecule has 3 heteroatoms. The van der Waals surface area contributed by atoms with Gasteiger partial charge in [0.15, 0.2) is 0 Å². The maximum Gasteiger partial charge on any atom is 0.113 e. The van der Waals surface area contributed by atoms with Crippen LogP contribution >= 0.6 is 0 Å². The Labute approximate surface area is 115 Å². The summed E-state index contributed by atoms with van der Waals surface area (Å²) in [7, 11) is 0. The van der Waals surface area contributed by atoms with E-state index in [1.165, 1.54) is 0 Å². The van der Waals surface area contributed by atoms with Gasteiger partial charge in [0.25, 0.3) is 0 Å². The summed E-state index contributed by atoms with van der Waals surface area (Å²) in [5, 5.41) is 8.25. The predicted molar refractivity (Wildman–Crippen MR) is 78.5 cm³/mol. The van der Waals surface area contributed by atoms with Crippen LogP contribution in [-0.4, -0.2) is 15.0 Å². The van der Waals surface area contributed by atoms with Crippen LogP contribution in [0.1, 0.15) is 34.1 Å². The smallest absolute Gasteiger partial charge is 0.113 e. The summed E-state index contributed by atoms with van der Waals surface area (Å²) < 4.78 is 1.85. The van der Waals surface area contributed by atoms with Crippen molar-refractivity contribution in [3.05, 3.63) is 24.3 Å². The fourth-order valence-electron chi connectivity index (χ4n) is 2.30. The minimum Gasteiger partial charge on any atom is -0.233 e. The largest absolute Gasteiger partial charge is 0.233 e. The normalized spacial score (nSPS) is 13.1. The average Bonchev–Trinajstić information content (AvgIpc) is 2.70. The SMILES string of the molecule is CC(C#CCn1nnc2ccccc21)CC(C)(C)C. The standard InChI is InChI=1S/C16H21N3/c1-13(12-16(2,3)4)8-7-11-19-15-10-6-5-9-14(15)17-18-19/h5-6,9-10,13H,11-12H2,1-4H3. The quantitative estimate of drug-likeness (QED) is 0.769. The summed E-state index contributed by atoms with van der Waals surface area (Å²) in [6.45, 7) is 9.52. The summed E-state index contributed by atoms with van der Waals surface area (Å²) in [5.41, 5.74) is 2.29. The van der Waals surface area contributed by atoms with Gasteiger partial charge in [-0.05, 0) is 24.0 Å². The topological polar surface area (TPSA) is 30.7 Å². The summed E-state index contributed by atoms with van der Waals surface area (Å²) in [5.74, 6) is 6.93. The van der Waals surface area contributed by atoms with E-state index in [4.69, 9.17) is 0 Å². The molecule has 0 aliphatic rings. The third-order valence-corrected chi connectivity index (χ3v) is 2.92. The van der Waals surface area contributed by atoms with Gasteiger partial charge in [-0.3, -0.25) is 0 Å². The highest BCUT2D eigenvalue weighted by Gasteiger charge is 2.13. The van der Waals surface area contributed by atoms with Crippen molar-refractivity contribution in [3.8, 4) is 11.8 Å². The van der Waals surface area contributed by atoms with E-state index >= 15 is 0 Å². The average molecular weight is 255 g/mol. The Morgan fingerprint density at radius 1 is 1.26 bits per heavy atom. The lowest BCUT2D eigenvalue weighted by Crippen LogP contribution is -2.09. The molecule has 0 aliphatic heterocycles. The number of nitrogens with zero attached hydrogens (tertiary/aromatic N) is 3. The van der Waals surface area contributed by atoms with Gasteiger partial charge in [0.05, 0.1) is 5.52 Å². The molecule has 0 spiro atoms. The van der Waals surface area contributed by atoms with Crippen LogP contribution in [0, 0.1) is 23.2 Å². The lowest BCUT2D eigenvalue weighted by atomic mass is 9.86. The first kappa shape index (κ1) is 13.6. The third-order valence-electron chi connectivity index (χ3n) is 2.92. The van der Waals surface area contributed by atoms with Crippen molar-refractivity contribution in [1.82, 2.24) is 15.0 Å². The molecule has 0 saturated carbocycles. The van der Waals surface area contributed by atoms with E-state index in [1.807, 2.05) is 28.9 Å². The van der Waals surface area contributed by atoms with E-state index in [9.17, 15) is 0 Å². The molecule has 100 valence electrons. The van der Waals surface area contributed by atoms with E-state index in [0.29, 0.717) is 17.9 Å². The van der Waals surface area contributed by atoms with Crippen molar-refractivity contribution in [2.75, 3.05) is 0 Å². The first-order chi connectivity index (χ1) is 8.96. The first-order valence-electron chi connectivity index (χ1n) is 6.72. The van der Waals surface area contributed by atoms with Gasteiger partial charge in [-0.1, -0.05) is 56.9 Å². The molecule has 0 radical (unpaired) electrons. The second-order valence-electron chi connectivity index (χ2n) is 6.22. The van der Waals surface area contributed by atoms with E-state index in [-0.39, 0.29) is 0 Å². The molecule has 1 heterocycles. The van der Waals surface area contributed by atoms with Crippen molar-refractivity contribution in [1.29, 1.82) is 0 Å². The van der Waals surface area contributed by atoms with Crippen molar-refractivity contribution >= 4 is 11.0 Å². The van der Waals surface area contributed by atoms with Gasteiger partial charge in [0, 0.05) is 5.92 Å². The Morgan fingerprint density at radius 2 is 2.00 bits per heavy atom. The lowest BCUT2D eigenvalue weighted by molar-refractivity contribution is 0.341. The van der Waals surface area contributed by atoms with Crippen LogP contribution in [0.15, 0.2) is 24.3 Å². The summed E-state index contributed by atoms with van der Waals surface area (Å²) in [6, 6.07) is 7.96. The third kappa shape index (κ3) is 3.82. The van der Waals surface area contributed by atoms with Crippen LogP contribution in [0.3, 0.4) is 0 Å². The van der Waals surface area contributed by atoms with Crippen LogP contribution in [0.4, 0.5) is 0 Å². The van der Waals surface area contributed by atoms with Crippen LogP contribution in [0.5, 0.6) is 0 Å². The molecule has 19 heavy (non-hydrogen) atoms. The van der Waals surface area contributed by atoms with Crippen LogP contribution in [0.25, 0.3) is 11.0 Å². The molecule has 0 saturated heterocycles. The van der Waals surface area contributed by atoms with Gasteiger partial charge < -0.3 is 0 Å². The summed E-state index contributed by atoms with van der Waals surface area (Å²) in [6.07, 6.45) is 1.11. The fourth-order valence-corrected chi connectivity index (χ4v) is 2.30. The number of fused-ring (bicyclic) bond motifs is 1. The molecular weight excluding hydrogens is 234 g/mol. The molecule has 0 fully saturated rings. The minimum absolute atomic E-state index is 0.327. The van der Waals surface area contributed by atoms with Crippen molar-refractivity contribution < 1.29 is 0 Å².